The van der Waals surface area contributed by atoms with Crippen LogP contribution in [-0.2, 0) is 16.6 Å². The van der Waals surface area contributed by atoms with Gasteiger partial charge in [0, 0.05) is 40.8 Å². The van der Waals surface area contributed by atoms with Crippen LogP contribution in [0.3, 0.4) is 0 Å². The third kappa shape index (κ3) is 4.64. The number of hydrogen-bond donors (Lipinski definition) is 1. The summed E-state index contributed by atoms with van der Waals surface area (Å²) in [4.78, 5) is 16.9. The van der Waals surface area contributed by atoms with Crippen molar-refractivity contribution in [2.75, 3.05) is 6.26 Å². The number of hydrogen-bond acceptors (Lipinski definition) is 3. The van der Waals surface area contributed by atoms with E-state index in [1.807, 2.05) is 54.6 Å². The largest absolute Gasteiger partial charge is 0.341 e. The first-order valence-electron chi connectivity index (χ1n) is 8.28. The third-order valence-electron chi connectivity index (χ3n) is 4.01. The van der Waals surface area contributed by atoms with Gasteiger partial charge in [0.15, 0.2) is 0 Å². The zero-order valence-electron chi connectivity index (χ0n) is 14.5. The molecule has 1 aromatic heterocycles. The Morgan fingerprint density at radius 1 is 1.00 bits per heavy atom. The van der Waals surface area contributed by atoms with Crippen molar-refractivity contribution in [3.05, 3.63) is 101 Å². The fourth-order valence-corrected chi connectivity index (χ4v) is 3.46. The molecule has 0 fully saturated rings. The predicted molar refractivity (Wildman–Crippen MR) is 104 cm³/mol. The van der Waals surface area contributed by atoms with Gasteiger partial charge in [-0.1, -0.05) is 42.5 Å². The van der Waals surface area contributed by atoms with Crippen LogP contribution < -0.4 is 5.32 Å². The van der Waals surface area contributed by atoms with E-state index in [1.54, 1.807) is 30.8 Å². The number of amides is 1. The number of pyridine rings is 1. The summed E-state index contributed by atoms with van der Waals surface area (Å²) in [5, 5.41) is 3.10. The van der Waals surface area contributed by atoms with Gasteiger partial charge in [-0.05, 0) is 41.0 Å². The van der Waals surface area contributed by atoms with Gasteiger partial charge in [0.2, 0.25) is 0 Å². The maximum Gasteiger partial charge on any atom is 0.252 e. The molecule has 0 saturated carbocycles. The summed E-state index contributed by atoms with van der Waals surface area (Å²) in [6, 6.07) is 20.6. The first-order valence-corrected chi connectivity index (χ1v) is 10.0. The Morgan fingerprint density at radius 3 is 2.38 bits per heavy atom. The molecule has 2 atom stereocenters. The van der Waals surface area contributed by atoms with E-state index in [1.165, 1.54) is 0 Å². The second kappa shape index (κ2) is 8.54. The Hall–Kier alpha value is -2.79. The van der Waals surface area contributed by atoms with Gasteiger partial charge < -0.3 is 5.32 Å². The lowest BCUT2D eigenvalue weighted by atomic mass is 9.99. The molecule has 1 heterocycles. The van der Waals surface area contributed by atoms with Gasteiger partial charge >= 0.3 is 0 Å². The molecular formula is C21H20N2O2S. The predicted octanol–water partition coefficient (Wildman–Crippen LogP) is 3.48. The SMILES string of the molecule is CS(=O)Cc1cccc(C(=O)NC(c2ccccc2)c2ccncc2)c1. The molecule has 0 radical (unpaired) electrons. The molecule has 0 spiro atoms. The van der Waals surface area contributed by atoms with Crippen molar-refractivity contribution in [1.82, 2.24) is 10.3 Å². The van der Waals surface area contributed by atoms with E-state index < -0.39 is 10.8 Å². The molecule has 26 heavy (non-hydrogen) atoms. The lowest BCUT2D eigenvalue weighted by Gasteiger charge is -2.20. The number of carbonyl (C=O) groups is 1. The number of nitrogens with zero attached hydrogens (tertiary/aromatic N) is 1. The average molecular weight is 364 g/mol. The van der Waals surface area contributed by atoms with Crippen molar-refractivity contribution in [3.8, 4) is 0 Å². The van der Waals surface area contributed by atoms with Crippen LogP contribution >= 0.6 is 0 Å². The van der Waals surface area contributed by atoms with Crippen molar-refractivity contribution in [1.29, 1.82) is 0 Å². The number of rotatable bonds is 6. The smallest absolute Gasteiger partial charge is 0.252 e. The molecule has 0 aliphatic rings. The molecule has 3 aromatic rings. The van der Waals surface area contributed by atoms with E-state index >= 15 is 0 Å². The Labute approximate surface area is 155 Å². The van der Waals surface area contributed by atoms with Gasteiger partial charge in [0.25, 0.3) is 5.91 Å². The second-order valence-corrected chi connectivity index (χ2v) is 7.45. The van der Waals surface area contributed by atoms with Crippen LogP contribution in [-0.4, -0.2) is 21.4 Å². The summed E-state index contributed by atoms with van der Waals surface area (Å²) in [6.07, 6.45) is 5.09. The molecule has 4 nitrogen and oxygen atoms in total. The van der Waals surface area contributed by atoms with Crippen molar-refractivity contribution in [2.24, 2.45) is 0 Å². The van der Waals surface area contributed by atoms with Crippen LogP contribution in [0, 0.1) is 0 Å². The zero-order valence-corrected chi connectivity index (χ0v) is 15.3. The van der Waals surface area contributed by atoms with Crippen LogP contribution in [0.25, 0.3) is 0 Å². The maximum absolute atomic E-state index is 12.8. The lowest BCUT2D eigenvalue weighted by Crippen LogP contribution is -2.29. The highest BCUT2D eigenvalue weighted by molar-refractivity contribution is 7.83. The highest BCUT2D eigenvalue weighted by Crippen LogP contribution is 2.22. The summed E-state index contributed by atoms with van der Waals surface area (Å²) < 4.78 is 11.4. The molecule has 0 bridgehead atoms. The van der Waals surface area contributed by atoms with Gasteiger partial charge in [0.1, 0.15) is 0 Å². The van der Waals surface area contributed by atoms with E-state index in [0.717, 1.165) is 16.7 Å². The highest BCUT2D eigenvalue weighted by atomic mass is 32.2. The summed E-state index contributed by atoms with van der Waals surface area (Å²) in [5.74, 6) is 0.271. The summed E-state index contributed by atoms with van der Waals surface area (Å²) in [5.41, 5.74) is 3.41. The fourth-order valence-electron chi connectivity index (χ4n) is 2.81. The Bertz CT molecular complexity index is 859. The zero-order chi connectivity index (χ0) is 18.4. The minimum Gasteiger partial charge on any atom is -0.341 e. The van der Waals surface area contributed by atoms with Crippen LogP contribution in [0.4, 0.5) is 0 Å². The first kappa shape index (κ1) is 18.0. The molecule has 132 valence electrons. The molecular weight excluding hydrogens is 344 g/mol. The number of carbonyl (C=O) groups excluding carboxylic acids is 1. The standard InChI is InChI=1S/C21H20N2O2S/c1-26(25)15-16-6-5-9-19(14-16)21(24)23-20(17-7-3-2-4-8-17)18-10-12-22-13-11-18/h2-14,20H,15H2,1H3,(H,23,24). The number of benzene rings is 2. The van der Waals surface area contributed by atoms with Crippen LogP contribution in [0.1, 0.15) is 33.1 Å². The van der Waals surface area contributed by atoms with Gasteiger partial charge in [-0.25, -0.2) is 0 Å². The van der Waals surface area contributed by atoms with Gasteiger partial charge in [0.05, 0.1) is 6.04 Å². The number of aromatic nitrogens is 1. The quantitative estimate of drug-likeness (QED) is 0.728. The van der Waals surface area contributed by atoms with Crippen LogP contribution in [0.5, 0.6) is 0 Å². The second-order valence-electron chi connectivity index (χ2n) is 6.02. The fraction of sp³-hybridized carbons (Fsp3) is 0.143. The minimum atomic E-state index is -0.947. The van der Waals surface area contributed by atoms with Gasteiger partial charge in [-0.2, -0.15) is 0 Å². The summed E-state index contributed by atoms with van der Waals surface area (Å²) in [7, 11) is -0.947. The van der Waals surface area contributed by atoms with E-state index in [0.29, 0.717) is 11.3 Å². The molecule has 1 N–H and O–H groups in total. The van der Waals surface area contributed by atoms with E-state index in [-0.39, 0.29) is 11.9 Å². The summed E-state index contributed by atoms with van der Waals surface area (Å²) >= 11 is 0. The lowest BCUT2D eigenvalue weighted by molar-refractivity contribution is 0.0943. The van der Waals surface area contributed by atoms with Crippen LogP contribution in [0.2, 0.25) is 0 Å². The van der Waals surface area contributed by atoms with Gasteiger partial charge in [-0.15, -0.1) is 0 Å². The molecule has 0 saturated heterocycles. The molecule has 1 amide bonds. The normalized spacial score (nSPS) is 13.0. The van der Waals surface area contributed by atoms with Crippen molar-refractivity contribution in [2.45, 2.75) is 11.8 Å². The maximum atomic E-state index is 12.8. The van der Waals surface area contributed by atoms with Crippen molar-refractivity contribution < 1.29 is 9.00 Å². The number of nitrogens with one attached hydrogen (secondary N) is 1. The summed E-state index contributed by atoms with van der Waals surface area (Å²) in [6.45, 7) is 0. The Kier molecular flexibility index (Phi) is 5.92. The van der Waals surface area contributed by atoms with E-state index in [2.05, 4.69) is 10.3 Å². The molecule has 3 rings (SSSR count). The molecule has 0 aliphatic heterocycles. The average Bonchev–Trinajstić information content (AvgIpc) is 2.67. The molecule has 2 unspecified atom stereocenters. The first-order chi connectivity index (χ1) is 12.6. The van der Waals surface area contributed by atoms with Crippen LogP contribution in [0.15, 0.2) is 79.1 Å². The Morgan fingerprint density at radius 2 is 1.69 bits per heavy atom. The van der Waals surface area contributed by atoms with Crippen molar-refractivity contribution >= 4 is 16.7 Å². The highest BCUT2D eigenvalue weighted by Gasteiger charge is 2.18. The third-order valence-corrected chi connectivity index (χ3v) is 4.75. The molecule has 0 aliphatic carbocycles. The minimum absolute atomic E-state index is 0.167. The molecule has 2 aromatic carbocycles. The van der Waals surface area contributed by atoms with Crippen molar-refractivity contribution in [3.63, 3.8) is 0 Å². The Balaban J connectivity index is 1.88. The van der Waals surface area contributed by atoms with E-state index in [4.69, 9.17) is 0 Å². The molecule has 5 heteroatoms. The topological polar surface area (TPSA) is 59.1 Å². The van der Waals surface area contributed by atoms with Gasteiger partial charge in [-0.3, -0.25) is 14.0 Å². The van der Waals surface area contributed by atoms with E-state index in [9.17, 15) is 9.00 Å². The monoisotopic (exact) mass is 364 g/mol.